The smallest absolute Gasteiger partial charge is 0.236 e. The summed E-state index contributed by atoms with van der Waals surface area (Å²) in [4.78, 5) is 5.26. The van der Waals surface area contributed by atoms with Gasteiger partial charge in [-0.15, -0.1) is 0 Å². The molecule has 0 aromatic heterocycles. The van der Waals surface area contributed by atoms with Crippen LogP contribution in [0.25, 0.3) is 0 Å². The molecule has 0 spiro atoms. The van der Waals surface area contributed by atoms with Gasteiger partial charge in [-0.05, 0) is 127 Å². The van der Waals surface area contributed by atoms with E-state index in [0.29, 0.717) is 22.9 Å². The van der Waals surface area contributed by atoms with E-state index in [0.717, 1.165) is 55.6 Å². The fraction of sp³-hybridized carbons (Fsp3) is 0.368. The molecule has 0 radical (unpaired) electrons. The molecule has 6 aromatic carbocycles. The van der Waals surface area contributed by atoms with E-state index in [9.17, 15) is 8.42 Å². The molecule has 7 heteroatoms. The van der Waals surface area contributed by atoms with Crippen LogP contribution in [0, 0.1) is 23.7 Å². The highest BCUT2D eigenvalue weighted by Crippen LogP contribution is 2.64. The molecule has 6 aromatic rings. The lowest BCUT2D eigenvalue weighted by atomic mass is 9.92. The Morgan fingerprint density at radius 2 is 0.938 bits per heavy atom. The standard InChI is InChI=1S/C28H32N2O2S.C21H26N2.C8H10/c1-28(26-19-30(20-27(26)28)17-9-14-22-10-4-2-5-11-22)24-15-8-16-25(18-24)29-33(31,32)21-23-12-6-3-7-13-23;1-21(17-10-5-11-18(22)13-17)19-14-23(15-20(19)21)12-6-9-16-7-3-2-4-8-16;1-2-8-6-4-3-5-7-8/h2-8,10-13,15-16,18,26-27,29H,9,14,17,19-21H2,1H3;2-5,7-8,10-11,13,19-20H,6,9,12,14-15,22H2,1H3;3-7H,2H2,1H3. The number of hydrogen-bond donors (Lipinski definition) is 2. The number of piperidine rings is 2. The van der Waals surface area contributed by atoms with Gasteiger partial charge in [0.05, 0.1) is 5.75 Å². The number of anilines is 2. The van der Waals surface area contributed by atoms with Crippen LogP contribution in [-0.4, -0.2) is 57.5 Å². The number of nitrogens with one attached hydrogen (secondary N) is 1. The normalized spacial score (nSPS) is 24.3. The summed E-state index contributed by atoms with van der Waals surface area (Å²) in [5, 5.41) is 0. The van der Waals surface area contributed by atoms with Crippen molar-refractivity contribution in [1.29, 1.82) is 0 Å². The predicted molar refractivity (Wildman–Crippen MR) is 267 cm³/mol. The Kier molecular flexibility index (Phi) is 14.4. The summed E-state index contributed by atoms with van der Waals surface area (Å²) in [6.07, 6.45) is 5.92. The van der Waals surface area contributed by atoms with Gasteiger partial charge in [-0.3, -0.25) is 4.72 Å². The highest BCUT2D eigenvalue weighted by molar-refractivity contribution is 7.91. The second kappa shape index (κ2) is 20.3. The van der Waals surface area contributed by atoms with Gasteiger partial charge in [0.25, 0.3) is 0 Å². The molecule has 4 atom stereocenters. The Balaban J connectivity index is 0.000000155. The number of benzene rings is 6. The van der Waals surface area contributed by atoms with Crippen LogP contribution in [-0.2, 0) is 45.9 Å². The van der Waals surface area contributed by atoms with E-state index in [1.54, 1.807) is 0 Å². The maximum atomic E-state index is 12.7. The van der Waals surface area contributed by atoms with Crippen LogP contribution in [0.3, 0.4) is 0 Å². The van der Waals surface area contributed by atoms with Crippen LogP contribution in [0.1, 0.15) is 67.0 Å². The molecule has 10 rings (SSSR count). The molecule has 4 aliphatic rings. The molecule has 3 N–H and O–H groups in total. The quantitative estimate of drug-likeness (QED) is 0.101. The van der Waals surface area contributed by atoms with Crippen LogP contribution >= 0.6 is 0 Å². The van der Waals surface area contributed by atoms with Crippen molar-refractivity contribution in [2.75, 3.05) is 49.7 Å². The maximum absolute atomic E-state index is 12.7. The molecular formula is C57H68N4O2S. The predicted octanol–water partition coefficient (Wildman–Crippen LogP) is 11.1. The molecule has 2 saturated carbocycles. The number of hydrogen-bond acceptors (Lipinski definition) is 5. The Hall–Kier alpha value is -5.21. The molecule has 2 aliphatic carbocycles. The minimum absolute atomic E-state index is 0.0154. The second-order valence-corrected chi connectivity index (χ2v) is 20.8. The fourth-order valence-corrected chi connectivity index (χ4v) is 12.2. The van der Waals surface area contributed by atoms with E-state index in [4.69, 9.17) is 5.73 Å². The van der Waals surface area contributed by atoms with Crippen molar-refractivity contribution in [1.82, 2.24) is 9.80 Å². The Morgan fingerprint density at radius 3 is 1.36 bits per heavy atom. The summed E-state index contributed by atoms with van der Waals surface area (Å²) in [7, 11) is -3.45. The number of aryl methyl sites for hydroxylation is 3. The van der Waals surface area contributed by atoms with Gasteiger partial charge < -0.3 is 15.5 Å². The number of nitrogens with two attached hydrogens (primary N) is 1. The van der Waals surface area contributed by atoms with E-state index in [1.165, 1.54) is 66.7 Å². The lowest BCUT2D eigenvalue weighted by Gasteiger charge is -2.25. The van der Waals surface area contributed by atoms with Gasteiger partial charge in [-0.25, -0.2) is 8.42 Å². The Morgan fingerprint density at radius 1 is 0.531 bits per heavy atom. The zero-order valence-electron chi connectivity index (χ0n) is 38.2. The molecule has 6 nitrogen and oxygen atoms in total. The van der Waals surface area contributed by atoms with Gasteiger partial charge in [-0.2, -0.15) is 0 Å². The maximum Gasteiger partial charge on any atom is 0.236 e. The Labute approximate surface area is 384 Å². The third-order valence-electron chi connectivity index (χ3n) is 14.9. The van der Waals surface area contributed by atoms with Gasteiger partial charge >= 0.3 is 0 Å². The molecular weight excluding hydrogens is 805 g/mol. The zero-order valence-corrected chi connectivity index (χ0v) is 39.0. The summed E-state index contributed by atoms with van der Waals surface area (Å²) in [6, 6.07) is 57.9. The van der Waals surface area contributed by atoms with Gasteiger partial charge in [0, 0.05) is 48.4 Å². The first-order valence-corrected chi connectivity index (χ1v) is 25.3. The van der Waals surface area contributed by atoms with Crippen molar-refractivity contribution in [3.63, 3.8) is 0 Å². The summed E-state index contributed by atoms with van der Waals surface area (Å²) in [5.41, 5.74) is 15.8. The highest BCUT2D eigenvalue weighted by atomic mass is 32.2. The summed E-state index contributed by atoms with van der Waals surface area (Å²) in [5.74, 6) is 2.94. The summed E-state index contributed by atoms with van der Waals surface area (Å²) < 4.78 is 28.1. The van der Waals surface area contributed by atoms with E-state index < -0.39 is 10.0 Å². The molecule has 2 saturated heterocycles. The van der Waals surface area contributed by atoms with Crippen molar-refractivity contribution in [3.8, 4) is 0 Å². The number of fused-ring (bicyclic) bond motifs is 2. The minimum atomic E-state index is -3.45. The molecule has 64 heavy (non-hydrogen) atoms. The number of likely N-dealkylation sites (tertiary alicyclic amines) is 2. The van der Waals surface area contributed by atoms with Crippen molar-refractivity contribution < 1.29 is 8.42 Å². The molecule has 0 amide bonds. The minimum Gasteiger partial charge on any atom is -0.399 e. The lowest BCUT2D eigenvalue weighted by molar-refractivity contribution is 0.274. The average Bonchev–Trinajstić information content (AvgIpc) is 3.77. The number of nitrogen functional groups attached to an aromatic ring is 1. The molecule has 4 fully saturated rings. The Bertz CT molecular complexity index is 2480. The van der Waals surface area contributed by atoms with Gasteiger partial charge in [0.1, 0.15) is 0 Å². The van der Waals surface area contributed by atoms with Crippen molar-refractivity contribution in [2.24, 2.45) is 23.7 Å². The first-order chi connectivity index (χ1) is 31.0. The monoisotopic (exact) mass is 873 g/mol. The SMILES string of the molecule is CC1(c2cccc(N)c2)C2CN(CCCc3ccccc3)CC21.CC1(c2cccc(NS(=O)(=O)Cc3ccccc3)c2)C2CN(CCCc3ccccc3)CC21.CCc1ccccc1. The van der Waals surface area contributed by atoms with Gasteiger partial charge in [-0.1, -0.05) is 166 Å². The molecule has 2 aliphatic heterocycles. The lowest BCUT2D eigenvalue weighted by Crippen LogP contribution is -2.30. The number of nitrogens with zero attached hydrogens (tertiary/aromatic N) is 2. The largest absolute Gasteiger partial charge is 0.399 e. The zero-order chi connectivity index (χ0) is 44.6. The first-order valence-electron chi connectivity index (χ1n) is 23.6. The summed E-state index contributed by atoms with van der Waals surface area (Å²) >= 11 is 0. The van der Waals surface area contributed by atoms with Crippen molar-refractivity contribution in [2.45, 2.75) is 69.5 Å². The third-order valence-corrected chi connectivity index (χ3v) is 16.2. The van der Waals surface area contributed by atoms with Crippen LogP contribution < -0.4 is 10.5 Å². The first kappa shape index (κ1) is 45.4. The molecule has 334 valence electrons. The number of rotatable bonds is 15. The van der Waals surface area contributed by atoms with Crippen molar-refractivity contribution >= 4 is 21.4 Å². The topological polar surface area (TPSA) is 78.7 Å². The van der Waals surface area contributed by atoms with Crippen LogP contribution in [0.5, 0.6) is 0 Å². The third kappa shape index (κ3) is 11.0. The fourth-order valence-electron chi connectivity index (χ4n) is 11.0. The molecule has 2 heterocycles. The van der Waals surface area contributed by atoms with Gasteiger partial charge in [0.2, 0.25) is 10.0 Å². The average molecular weight is 873 g/mol. The van der Waals surface area contributed by atoms with Gasteiger partial charge in [0.15, 0.2) is 0 Å². The van der Waals surface area contributed by atoms with Crippen LogP contribution in [0.15, 0.2) is 170 Å². The summed E-state index contributed by atoms with van der Waals surface area (Å²) in [6.45, 7) is 14.1. The number of sulfonamides is 1. The van der Waals surface area contributed by atoms with E-state index in [-0.39, 0.29) is 11.2 Å². The van der Waals surface area contributed by atoms with E-state index in [2.05, 4.69) is 144 Å². The van der Waals surface area contributed by atoms with Crippen LogP contribution in [0.2, 0.25) is 0 Å². The molecule has 4 unspecified atom stereocenters. The van der Waals surface area contributed by atoms with E-state index >= 15 is 0 Å². The van der Waals surface area contributed by atoms with Crippen LogP contribution in [0.4, 0.5) is 11.4 Å². The highest BCUT2D eigenvalue weighted by Gasteiger charge is 2.66. The molecule has 0 bridgehead atoms. The van der Waals surface area contributed by atoms with Crippen molar-refractivity contribution in [3.05, 3.63) is 203 Å². The van der Waals surface area contributed by atoms with E-state index in [1.807, 2.05) is 60.7 Å². The second-order valence-electron chi connectivity index (χ2n) is 19.1.